The molecule has 1 saturated heterocycles. The summed E-state index contributed by atoms with van der Waals surface area (Å²) in [6.07, 6.45) is -3.42. The van der Waals surface area contributed by atoms with Gasteiger partial charge >= 0.3 is 6.18 Å². The largest absolute Gasteiger partial charge is 0.433 e. The number of alkyl halides is 3. The molecule has 0 unspecified atom stereocenters. The van der Waals surface area contributed by atoms with Crippen LogP contribution in [-0.2, 0) is 6.18 Å². The molecular formula is C16H14ClF3N4O. The Hall–Kier alpha value is -2.35. The molecule has 2 aromatic rings. The van der Waals surface area contributed by atoms with Crippen LogP contribution >= 0.6 is 11.6 Å². The van der Waals surface area contributed by atoms with E-state index in [0.29, 0.717) is 36.8 Å². The number of amides is 1. The van der Waals surface area contributed by atoms with Crippen molar-refractivity contribution in [2.24, 2.45) is 0 Å². The molecule has 3 rings (SSSR count). The third-order valence-electron chi connectivity index (χ3n) is 3.85. The smallest absolute Gasteiger partial charge is 0.337 e. The zero-order chi connectivity index (χ0) is 18.0. The fourth-order valence-electron chi connectivity index (χ4n) is 2.57. The van der Waals surface area contributed by atoms with Crippen LogP contribution in [0, 0.1) is 0 Å². The molecule has 1 aromatic carbocycles. The molecule has 1 aliphatic rings. The topological polar surface area (TPSA) is 49.3 Å². The summed E-state index contributed by atoms with van der Waals surface area (Å²) in [5.74, 6) is -0.142. The Labute approximate surface area is 147 Å². The number of aromatic nitrogens is 2. The minimum atomic E-state index is -4.51. The predicted octanol–water partition coefficient (Wildman–Crippen LogP) is 3.11. The number of benzene rings is 1. The predicted molar refractivity (Wildman–Crippen MR) is 86.6 cm³/mol. The van der Waals surface area contributed by atoms with Gasteiger partial charge in [-0.25, -0.2) is 9.97 Å². The number of anilines is 1. The maximum atomic E-state index is 12.8. The molecule has 25 heavy (non-hydrogen) atoms. The first-order valence-corrected chi connectivity index (χ1v) is 7.92. The summed E-state index contributed by atoms with van der Waals surface area (Å²) in [7, 11) is 0. The van der Waals surface area contributed by atoms with E-state index in [1.54, 1.807) is 34.1 Å². The minimum Gasteiger partial charge on any atom is -0.337 e. The number of carbonyl (C=O) groups excluding carboxylic acids is 1. The Balaban J connectivity index is 1.67. The molecule has 1 amide bonds. The fourth-order valence-corrected chi connectivity index (χ4v) is 2.76. The van der Waals surface area contributed by atoms with E-state index in [1.165, 1.54) is 0 Å². The highest BCUT2D eigenvalue weighted by molar-refractivity contribution is 6.30. The lowest BCUT2D eigenvalue weighted by atomic mass is 10.2. The van der Waals surface area contributed by atoms with Gasteiger partial charge in [-0.05, 0) is 24.3 Å². The van der Waals surface area contributed by atoms with Crippen LogP contribution in [0.4, 0.5) is 19.1 Å². The van der Waals surface area contributed by atoms with Gasteiger partial charge in [0.15, 0.2) is 0 Å². The van der Waals surface area contributed by atoms with Crippen molar-refractivity contribution in [2.45, 2.75) is 6.18 Å². The number of piperazine rings is 1. The molecule has 132 valence electrons. The molecule has 0 atom stereocenters. The standard InChI is InChI=1S/C16H14ClF3N4O/c17-12-3-1-2-11(10-12)14(25)23-6-8-24(9-7-23)15-21-5-4-13(22-15)16(18,19)20/h1-5,10H,6-9H2. The molecule has 0 saturated carbocycles. The SMILES string of the molecule is O=C(c1cccc(Cl)c1)N1CCN(c2nccc(C(F)(F)F)n2)CC1. The summed E-state index contributed by atoms with van der Waals surface area (Å²) in [6, 6.07) is 7.48. The van der Waals surface area contributed by atoms with Crippen molar-refractivity contribution in [1.29, 1.82) is 0 Å². The van der Waals surface area contributed by atoms with E-state index < -0.39 is 11.9 Å². The highest BCUT2D eigenvalue weighted by atomic mass is 35.5. The summed E-state index contributed by atoms with van der Waals surface area (Å²) in [5, 5.41) is 0.474. The van der Waals surface area contributed by atoms with Crippen LogP contribution in [0.25, 0.3) is 0 Å². The molecule has 0 aliphatic carbocycles. The van der Waals surface area contributed by atoms with Crippen LogP contribution < -0.4 is 4.90 Å². The first-order chi connectivity index (χ1) is 11.8. The Bertz CT molecular complexity index is 776. The summed E-state index contributed by atoms with van der Waals surface area (Å²) >= 11 is 5.90. The van der Waals surface area contributed by atoms with Gasteiger partial charge < -0.3 is 9.80 Å². The molecule has 1 fully saturated rings. The highest BCUT2D eigenvalue weighted by Gasteiger charge is 2.33. The van der Waals surface area contributed by atoms with Crippen LogP contribution in [0.2, 0.25) is 5.02 Å². The van der Waals surface area contributed by atoms with Crippen molar-refractivity contribution in [3.05, 3.63) is 52.8 Å². The second kappa shape index (κ2) is 6.87. The number of nitrogens with zero attached hydrogens (tertiary/aromatic N) is 4. The van der Waals surface area contributed by atoms with Crippen LogP contribution in [0.15, 0.2) is 36.5 Å². The lowest BCUT2D eigenvalue weighted by Crippen LogP contribution is -2.49. The molecule has 0 spiro atoms. The van der Waals surface area contributed by atoms with Gasteiger partial charge in [-0.2, -0.15) is 13.2 Å². The lowest BCUT2D eigenvalue weighted by molar-refractivity contribution is -0.141. The number of rotatable bonds is 2. The van der Waals surface area contributed by atoms with Gasteiger partial charge in [0.1, 0.15) is 5.69 Å². The zero-order valence-electron chi connectivity index (χ0n) is 13.0. The Morgan fingerprint density at radius 2 is 1.84 bits per heavy atom. The van der Waals surface area contributed by atoms with E-state index in [9.17, 15) is 18.0 Å². The lowest BCUT2D eigenvalue weighted by Gasteiger charge is -2.34. The third-order valence-corrected chi connectivity index (χ3v) is 4.09. The van der Waals surface area contributed by atoms with Crippen molar-refractivity contribution < 1.29 is 18.0 Å². The van der Waals surface area contributed by atoms with Crippen LogP contribution in [0.1, 0.15) is 16.1 Å². The quantitative estimate of drug-likeness (QED) is 0.815. The van der Waals surface area contributed by atoms with Crippen molar-refractivity contribution in [1.82, 2.24) is 14.9 Å². The Morgan fingerprint density at radius 1 is 1.12 bits per heavy atom. The average Bonchev–Trinajstić information content (AvgIpc) is 2.61. The molecule has 2 heterocycles. The van der Waals surface area contributed by atoms with Gasteiger partial charge in [-0.1, -0.05) is 17.7 Å². The minimum absolute atomic E-state index is 0.0182. The summed E-state index contributed by atoms with van der Waals surface area (Å²) in [4.78, 5) is 23.2. The number of hydrogen-bond acceptors (Lipinski definition) is 4. The van der Waals surface area contributed by atoms with E-state index in [0.717, 1.165) is 12.3 Å². The van der Waals surface area contributed by atoms with Crippen molar-refractivity contribution in [3.63, 3.8) is 0 Å². The normalized spacial score (nSPS) is 15.4. The molecule has 1 aliphatic heterocycles. The third kappa shape index (κ3) is 4.01. The van der Waals surface area contributed by atoms with E-state index in [2.05, 4.69) is 9.97 Å². The number of hydrogen-bond donors (Lipinski definition) is 0. The molecule has 5 nitrogen and oxygen atoms in total. The monoisotopic (exact) mass is 370 g/mol. The van der Waals surface area contributed by atoms with Crippen molar-refractivity contribution in [3.8, 4) is 0 Å². The van der Waals surface area contributed by atoms with Crippen molar-refractivity contribution >= 4 is 23.5 Å². The van der Waals surface area contributed by atoms with Crippen LogP contribution in [0.3, 0.4) is 0 Å². The molecule has 9 heteroatoms. The van der Waals surface area contributed by atoms with E-state index >= 15 is 0 Å². The first-order valence-electron chi connectivity index (χ1n) is 7.54. The zero-order valence-corrected chi connectivity index (χ0v) is 13.8. The summed E-state index contributed by atoms with van der Waals surface area (Å²) in [5.41, 5.74) is -0.494. The van der Waals surface area contributed by atoms with E-state index in [4.69, 9.17) is 11.6 Å². The second-order valence-corrected chi connectivity index (χ2v) is 5.97. The first kappa shape index (κ1) is 17.5. The van der Waals surface area contributed by atoms with Crippen molar-refractivity contribution in [2.75, 3.05) is 31.1 Å². The fraction of sp³-hybridized carbons (Fsp3) is 0.312. The van der Waals surface area contributed by atoms with Gasteiger partial charge in [0.25, 0.3) is 5.91 Å². The van der Waals surface area contributed by atoms with E-state index in [-0.39, 0.29) is 11.9 Å². The molecule has 1 aromatic heterocycles. The van der Waals surface area contributed by atoms with E-state index in [1.807, 2.05) is 0 Å². The Morgan fingerprint density at radius 3 is 2.48 bits per heavy atom. The van der Waals surface area contributed by atoms with Gasteiger partial charge in [0.05, 0.1) is 0 Å². The molecule has 0 radical (unpaired) electrons. The van der Waals surface area contributed by atoms with Gasteiger partial charge in [-0.3, -0.25) is 4.79 Å². The summed E-state index contributed by atoms with van der Waals surface area (Å²) < 4.78 is 38.3. The highest BCUT2D eigenvalue weighted by Crippen LogP contribution is 2.28. The van der Waals surface area contributed by atoms with Crippen LogP contribution in [0.5, 0.6) is 0 Å². The summed E-state index contributed by atoms with van der Waals surface area (Å²) in [6.45, 7) is 1.44. The van der Waals surface area contributed by atoms with Gasteiger partial charge in [0.2, 0.25) is 5.95 Å². The van der Waals surface area contributed by atoms with Crippen LogP contribution in [-0.4, -0.2) is 47.0 Å². The van der Waals surface area contributed by atoms with Gasteiger partial charge in [-0.15, -0.1) is 0 Å². The van der Waals surface area contributed by atoms with Gasteiger partial charge in [0, 0.05) is 43.0 Å². The second-order valence-electron chi connectivity index (χ2n) is 5.53. The molecule has 0 bridgehead atoms. The Kier molecular flexibility index (Phi) is 4.80. The average molecular weight is 371 g/mol. The number of carbonyl (C=O) groups is 1. The number of halogens is 4. The molecule has 0 N–H and O–H groups in total. The maximum absolute atomic E-state index is 12.8. The maximum Gasteiger partial charge on any atom is 0.433 e. The molecular weight excluding hydrogens is 357 g/mol.